The van der Waals surface area contributed by atoms with Gasteiger partial charge in [-0.2, -0.15) is 0 Å². The number of fused-ring (bicyclic) bond motifs is 5. The number of nitrogens with one attached hydrogen (secondary N) is 1. The molecule has 0 heterocycles. The molecule has 4 rings (SSSR count). The number of Topliss-reactive ketones (excluding diaryl/α,β-unsaturated/α-hetero) is 2. The zero-order chi connectivity index (χ0) is 30.3. The minimum absolute atomic E-state index is 0.00421. The molecule has 1 amide bonds. The van der Waals surface area contributed by atoms with Crippen LogP contribution in [0.4, 0.5) is 0 Å². The number of allylic oxidation sites excluding steroid dienone is 1. The molecule has 0 spiro atoms. The van der Waals surface area contributed by atoms with E-state index in [1.165, 1.54) is 0 Å². The van der Waals surface area contributed by atoms with Crippen molar-refractivity contribution in [3.63, 3.8) is 0 Å². The van der Waals surface area contributed by atoms with Gasteiger partial charge in [0, 0.05) is 30.6 Å². The number of aliphatic hydroxyl groups is 1. The molecule has 3 N–H and O–H groups in total. The van der Waals surface area contributed by atoms with E-state index in [-0.39, 0.29) is 66.3 Å². The largest absolute Gasteiger partial charge is 0.480 e. The molecule has 10 nitrogen and oxygen atoms in total. The summed E-state index contributed by atoms with van der Waals surface area (Å²) >= 11 is 0. The predicted molar refractivity (Wildman–Crippen MR) is 146 cm³/mol. The van der Waals surface area contributed by atoms with E-state index < -0.39 is 47.3 Å². The Bertz CT molecular complexity index is 1180. The van der Waals surface area contributed by atoms with Crippen LogP contribution in [0.1, 0.15) is 91.9 Å². The molecule has 0 aromatic carbocycles. The van der Waals surface area contributed by atoms with Crippen molar-refractivity contribution in [2.24, 2.45) is 34.5 Å². The van der Waals surface area contributed by atoms with E-state index in [4.69, 9.17) is 4.74 Å². The Morgan fingerprint density at radius 1 is 1.10 bits per heavy atom. The van der Waals surface area contributed by atoms with Gasteiger partial charge in [-0.3, -0.25) is 24.0 Å². The predicted octanol–water partition coefficient (Wildman–Crippen LogP) is 2.94. The lowest BCUT2D eigenvalue weighted by molar-refractivity contribution is -0.173. The number of hydrogen-bond donors (Lipinski definition) is 3. The minimum Gasteiger partial charge on any atom is -0.480 e. The lowest BCUT2D eigenvalue weighted by atomic mass is 9.46. The van der Waals surface area contributed by atoms with Crippen LogP contribution in [0.3, 0.4) is 0 Å². The smallest absolute Gasteiger partial charge is 0.326 e. The normalized spacial score (nSPS) is 35.7. The number of ketones is 3. The summed E-state index contributed by atoms with van der Waals surface area (Å²) in [7, 11) is 0. The van der Waals surface area contributed by atoms with Crippen molar-refractivity contribution in [3.8, 4) is 0 Å². The van der Waals surface area contributed by atoms with Crippen molar-refractivity contribution in [1.82, 2.24) is 5.32 Å². The maximum atomic E-state index is 13.7. The van der Waals surface area contributed by atoms with Crippen LogP contribution < -0.4 is 5.32 Å². The van der Waals surface area contributed by atoms with Gasteiger partial charge in [0.1, 0.15) is 17.4 Å². The number of esters is 1. The number of ether oxygens (including phenoxy) is 1. The van der Waals surface area contributed by atoms with Gasteiger partial charge < -0.3 is 20.3 Å². The Labute approximate surface area is 240 Å². The second-order valence-electron chi connectivity index (χ2n) is 13.2. The van der Waals surface area contributed by atoms with Gasteiger partial charge in [0.15, 0.2) is 12.4 Å². The van der Waals surface area contributed by atoms with Crippen molar-refractivity contribution >= 4 is 35.2 Å². The van der Waals surface area contributed by atoms with Crippen molar-refractivity contribution < 1.29 is 43.7 Å². The van der Waals surface area contributed by atoms with Crippen LogP contribution in [-0.4, -0.2) is 63.7 Å². The zero-order valence-electron chi connectivity index (χ0n) is 24.5. The van der Waals surface area contributed by atoms with Crippen LogP contribution in [-0.2, 0) is 33.5 Å². The third-order valence-corrected chi connectivity index (χ3v) is 11.0. The molecule has 0 radical (unpaired) electrons. The van der Waals surface area contributed by atoms with Gasteiger partial charge in [0.25, 0.3) is 0 Å². The lowest BCUT2D eigenvalue weighted by Gasteiger charge is -2.57. The Morgan fingerprint density at radius 3 is 2.46 bits per heavy atom. The molecule has 0 bridgehead atoms. The fraction of sp³-hybridized carbons (Fsp3) is 0.742. The number of carboxylic acids is 1. The van der Waals surface area contributed by atoms with Crippen molar-refractivity contribution in [2.45, 2.75) is 104 Å². The first-order valence-corrected chi connectivity index (χ1v) is 14.9. The van der Waals surface area contributed by atoms with E-state index in [0.29, 0.717) is 25.7 Å². The SMILES string of the molecule is CCC(C)C(NC(=O)CCC(=O)OCC(=O)[C@@]1(O)CCC2C3CCC4=CC(=O)CC[C@]4(C)C3C(=O)C[C@@]21C)C(=O)O. The average Bonchev–Trinajstić information content (AvgIpc) is 3.19. The Hall–Kier alpha value is -2.88. The molecule has 3 fully saturated rings. The van der Waals surface area contributed by atoms with Gasteiger partial charge in [0.2, 0.25) is 11.7 Å². The Kier molecular flexibility index (Phi) is 8.65. The van der Waals surface area contributed by atoms with E-state index in [1.807, 2.05) is 6.92 Å². The van der Waals surface area contributed by atoms with Crippen LogP contribution in [0.15, 0.2) is 11.6 Å². The van der Waals surface area contributed by atoms with E-state index >= 15 is 0 Å². The maximum Gasteiger partial charge on any atom is 0.326 e. The van der Waals surface area contributed by atoms with Gasteiger partial charge in [-0.05, 0) is 61.3 Å². The van der Waals surface area contributed by atoms with E-state index in [9.17, 15) is 39.0 Å². The quantitative estimate of drug-likeness (QED) is 0.333. The summed E-state index contributed by atoms with van der Waals surface area (Å²) in [6, 6.07) is -1.07. The van der Waals surface area contributed by atoms with Crippen LogP contribution >= 0.6 is 0 Å². The summed E-state index contributed by atoms with van der Waals surface area (Å²) < 4.78 is 5.14. The first-order chi connectivity index (χ1) is 19.2. The molecule has 4 aliphatic rings. The summed E-state index contributed by atoms with van der Waals surface area (Å²) in [4.78, 5) is 75.1. The zero-order valence-corrected chi connectivity index (χ0v) is 24.5. The van der Waals surface area contributed by atoms with Gasteiger partial charge >= 0.3 is 11.9 Å². The van der Waals surface area contributed by atoms with Crippen molar-refractivity contribution in [3.05, 3.63) is 11.6 Å². The molecular weight excluding hydrogens is 530 g/mol. The fourth-order valence-corrected chi connectivity index (χ4v) is 8.33. The number of rotatable bonds is 10. The highest BCUT2D eigenvalue weighted by molar-refractivity contribution is 5.95. The van der Waals surface area contributed by atoms with Gasteiger partial charge in [-0.1, -0.05) is 39.7 Å². The summed E-state index contributed by atoms with van der Waals surface area (Å²) in [6.45, 7) is 6.74. The molecule has 41 heavy (non-hydrogen) atoms. The molecule has 3 saturated carbocycles. The topological polar surface area (TPSA) is 164 Å². The monoisotopic (exact) mass is 573 g/mol. The van der Waals surface area contributed by atoms with E-state index in [0.717, 1.165) is 18.4 Å². The van der Waals surface area contributed by atoms with Crippen LogP contribution in [0.5, 0.6) is 0 Å². The second-order valence-corrected chi connectivity index (χ2v) is 13.2. The molecule has 0 aromatic rings. The van der Waals surface area contributed by atoms with Crippen LogP contribution in [0.2, 0.25) is 0 Å². The summed E-state index contributed by atoms with van der Waals surface area (Å²) in [5.41, 5.74) is -2.13. The highest BCUT2D eigenvalue weighted by Gasteiger charge is 2.68. The van der Waals surface area contributed by atoms with Gasteiger partial charge in [-0.15, -0.1) is 0 Å². The third-order valence-electron chi connectivity index (χ3n) is 11.0. The molecule has 5 unspecified atom stereocenters. The molecule has 4 aliphatic carbocycles. The fourth-order valence-electron chi connectivity index (χ4n) is 8.33. The Balaban J connectivity index is 1.37. The minimum atomic E-state index is -1.82. The summed E-state index contributed by atoms with van der Waals surface area (Å²) in [5.74, 6) is -3.68. The number of carbonyl (C=O) groups excluding carboxylic acids is 5. The molecule has 8 atom stereocenters. The third kappa shape index (κ3) is 5.40. The van der Waals surface area contributed by atoms with Gasteiger partial charge in [0.05, 0.1) is 6.42 Å². The average molecular weight is 574 g/mol. The second kappa shape index (κ2) is 11.4. The number of aliphatic carboxylic acids is 1. The number of carbonyl (C=O) groups is 6. The molecule has 0 aromatic heterocycles. The van der Waals surface area contributed by atoms with Crippen LogP contribution in [0, 0.1) is 34.5 Å². The number of carboxylic acid groups (broad SMARTS) is 1. The maximum absolute atomic E-state index is 13.7. The highest BCUT2D eigenvalue weighted by atomic mass is 16.5. The molecule has 0 saturated heterocycles. The van der Waals surface area contributed by atoms with Crippen molar-refractivity contribution in [1.29, 1.82) is 0 Å². The van der Waals surface area contributed by atoms with E-state index in [1.54, 1.807) is 19.9 Å². The molecule has 226 valence electrons. The molecule has 10 heteroatoms. The first-order valence-electron chi connectivity index (χ1n) is 14.9. The summed E-state index contributed by atoms with van der Waals surface area (Å²) in [6.07, 6.45) is 4.96. The summed E-state index contributed by atoms with van der Waals surface area (Å²) in [5, 5.41) is 23.5. The number of amides is 1. The number of hydrogen-bond acceptors (Lipinski definition) is 8. The molecular formula is C31H43NO9. The highest BCUT2D eigenvalue weighted by Crippen LogP contribution is 2.66. The first kappa shape index (κ1) is 31.1. The molecule has 0 aliphatic heterocycles. The van der Waals surface area contributed by atoms with Gasteiger partial charge in [-0.25, -0.2) is 4.79 Å². The lowest BCUT2D eigenvalue weighted by Crippen LogP contribution is -2.61. The van der Waals surface area contributed by atoms with Crippen LogP contribution in [0.25, 0.3) is 0 Å². The Morgan fingerprint density at radius 2 is 1.80 bits per heavy atom. The van der Waals surface area contributed by atoms with Crippen molar-refractivity contribution in [2.75, 3.05) is 6.61 Å². The van der Waals surface area contributed by atoms with E-state index in [2.05, 4.69) is 12.2 Å². The standard InChI is InChI=1S/C31H43NO9/c1-5-17(2)27(28(38)39)32-24(36)8-9-25(37)41-16-23(35)31(40)13-11-21-20-7-6-18-14-19(33)10-12-29(18,3)26(20)22(34)15-30(21,31)4/h14,17,20-21,26-27,40H,5-13,15-16H2,1-4H3,(H,32,36)(H,38,39)/t17?,20?,21?,26?,27?,29-,30-,31-/m0/s1.